The van der Waals surface area contributed by atoms with E-state index in [1.165, 1.54) is 120 Å². The molecule has 0 spiro atoms. The summed E-state index contributed by atoms with van der Waals surface area (Å²) >= 11 is 0. The number of carbonyl (C=O) groups excluding carboxylic acids is 3. The number of allylic oxidation sites excluding steroid dienone is 8. The molecule has 0 aromatic carbocycles. The second kappa shape index (κ2) is 41.0. The van der Waals surface area contributed by atoms with E-state index in [0.29, 0.717) is 19.5 Å². The third-order valence-corrected chi connectivity index (χ3v) is 10.0. The second-order valence-corrected chi connectivity index (χ2v) is 15.7. The molecule has 0 unspecified atom stereocenters. The molecule has 0 aliphatic heterocycles. The van der Waals surface area contributed by atoms with Crippen LogP contribution in [0.5, 0.6) is 0 Å². The first-order chi connectivity index (χ1) is 26.8. The Labute approximate surface area is 340 Å². The number of rotatable bonds is 38. The Morgan fingerprint density at radius 3 is 1.35 bits per heavy atom. The lowest BCUT2D eigenvalue weighted by molar-refractivity contribution is -0.134. The fourth-order valence-corrected chi connectivity index (χ4v) is 6.69. The molecule has 2 N–H and O–H groups in total. The van der Waals surface area contributed by atoms with Crippen molar-refractivity contribution in [3.8, 4) is 0 Å². The van der Waals surface area contributed by atoms with Gasteiger partial charge in [-0.2, -0.15) is 0 Å². The first-order valence-electron chi connectivity index (χ1n) is 23.0. The average Bonchev–Trinajstić information content (AvgIpc) is 3.15. The van der Waals surface area contributed by atoms with E-state index < -0.39 is 11.9 Å². The Morgan fingerprint density at radius 1 is 0.509 bits per heavy atom. The van der Waals surface area contributed by atoms with Gasteiger partial charge in [0.25, 0.3) is 0 Å². The molecular formula is C48H88N4O3. The zero-order chi connectivity index (χ0) is 40.5. The van der Waals surface area contributed by atoms with E-state index >= 15 is 0 Å². The monoisotopic (exact) mass is 769 g/mol. The zero-order valence-electron chi connectivity index (χ0n) is 36.7. The molecule has 7 heteroatoms. The lowest BCUT2D eigenvalue weighted by atomic mass is 9.99. The largest absolute Gasteiger partial charge is 0.353 e. The molecule has 0 radical (unpaired) electrons. The summed E-state index contributed by atoms with van der Waals surface area (Å²) in [5.74, 6) is -0.694. The Kier molecular flexibility index (Phi) is 39.0. The number of hydrogen-bond donors (Lipinski definition) is 2. The van der Waals surface area contributed by atoms with Gasteiger partial charge >= 0.3 is 6.03 Å². The Balaban J connectivity index is 4.66. The van der Waals surface area contributed by atoms with Gasteiger partial charge in [-0.05, 0) is 111 Å². The molecule has 7 nitrogen and oxygen atoms in total. The Bertz CT molecular complexity index is 971. The van der Waals surface area contributed by atoms with E-state index in [1.807, 2.05) is 25.9 Å². The van der Waals surface area contributed by atoms with Crippen LogP contribution in [0.3, 0.4) is 0 Å². The van der Waals surface area contributed by atoms with Gasteiger partial charge in [-0.15, -0.1) is 0 Å². The summed E-state index contributed by atoms with van der Waals surface area (Å²) in [5, 5.41) is 5.94. The maximum atomic E-state index is 13.2. The van der Waals surface area contributed by atoms with E-state index in [9.17, 15) is 14.4 Å². The first-order valence-corrected chi connectivity index (χ1v) is 23.0. The molecule has 0 heterocycles. The van der Waals surface area contributed by atoms with Gasteiger partial charge in [-0.25, -0.2) is 4.79 Å². The summed E-state index contributed by atoms with van der Waals surface area (Å²) in [7, 11) is 3.94. The number of amides is 4. The van der Waals surface area contributed by atoms with Gasteiger partial charge in [0.15, 0.2) is 0 Å². The standard InChI is InChI=1S/C48H88N4O3/c1-6-9-11-13-15-17-19-21-23-25-27-29-31-33-35-37-40-45(41-38-36-34-32-30-28-26-24-22-20-18-16-14-12-10-7-2)50-46(53)44-47(54)52(48(55)49-8-3)43-39-42-51(4)5/h15-18,21-24,45H,6-14,19-20,25-44H2,1-5H3,(H,49,55)(H,50,53)/b17-15-,18-16-,23-21-,24-22-. The van der Waals surface area contributed by atoms with Crippen molar-refractivity contribution in [3.05, 3.63) is 48.6 Å². The topological polar surface area (TPSA) is 81.8 Å². The summed E-state index contributed by atoms with van der Waals surface area (Å²) in [4.78, 5) is 42.2. The highest BCUT2D eigenvalue weighted by atomic mass is 16.2. The van der Waals surface area contributed by atoms with Crippen LogP contribution in [0.4, 0.5) is 4.79 Å². The van der Waals surface area contributed by atoms with Gasteiger partial charge in [0, 0.05) is 19.1 Å². The Hall–Kier alpha value is -2.67. The molecule has 0 bridgehead atoms. The minimum Gasteiger partial charge on any atom is -0.353 e. The summed E-state index contributed by atoms with van der Waals surface area (Å²) < 4.78 is 0. The highest BCUT2D eigenvalue weighted by Gasteiger charge is 2.24. The van der Waals surface area contributed by atoms with Crippen LogP contribution in [0.15, 0.2) is 48.6 Å². The molecule has 0 rings (SSSR count). The van der Waals surface area contributed by atoms with Crippen molar-refractivity contribution in [2.24, 2.45) is 0 Å². The van der Waals surface area contributed by atoms with E-state index in [1.54, 1.807) is 0 Å². The van der Waals surface area contributed by atoms with E-state index in [2.05, 4.69) is 73.1 Å². The number of carbonyl (C=O) groups is 3. The molecule has 0 fully saturated rings. The van der Waals surface area contributed by atoms with Crippen molar-refractivity contribution in [1.29, 1.82) is 0 Å². The van der Waals surface area contributed by atoms with Gasteiger partial charge in [0.1, 0.15) is 6.42 Å². The summed E-state index contributed by atoms with van der Waals surface area (Å²) in [6.45, 7) is 7.84. The van der Waals surface area contributed by atoms with Crippen molar-refractivity contribution >= 4 is 17.8 Å². The van der Waals surface area contributed by atoms with Gasteiger partial charge in [-0.1, -0.05) is 152 Å². The molecule has 4 amide bonds. The summed E-state index contributed by atoms with van der Waals surface area (Å²) in [6.07, 6.45) is 50.0. The maximum Gasteiger partial charge on any atom is 0.324 e. The normalized spacial score (nSPS) is 12.1. The van der Waals surface area contributed by atoms with Crippen molar-refractivity contribution in [2.75, 3.05) is 33.7 Å². The minimum absolute atomic E-state index is 0.0728. The minimum atomic E-state index is -0.427. The Morgan fingerprint density at radius 2 is 0.927 bits per heavy atom. The maximum absolute atomic E-state index is 13.2. The van der Waals surface area contributed by atoms with Crippen molar-refractivity contribution in [2.45, 2.75) is 207 Å². The van der Waals surface area contributed by atoms with Crippen LogP contribution in [0.25, 0.3) is 0 Å². The van der Waals surface area contributed by atoms with Crippen LogP contribution < -0.4 is 10.6 Å². The van der Waals surface area contributed by atoms with Crippen LogP contribution in [-0.2, 0) is 9.59 Å². The molecule has 0 aliphatic carbocycles. The molecule has 318 valence electrons. The third-order valence-electron chi connectivity index (χ3n) is 10.0. The van der Waals surface area contributed by atoms with E-state index in [-0.39, 0.29) is 18.4 Å². The number of nitrogens with zero attached hydrogens (tertiary/aromatic N) is 2. The molecule has 0 aliphatic rings. The summed E-state index contributed by atoms with van der Waals surface area (Å²) in [5.41, 5.74) is 0. The number of hydrogen-bond acceptors (Lipinski definition) is 4. The van der Waals surface area contributed by atoms with Crippen LogP contribution >= 0.6 is 0 Å². The predicted octanol–water partition coefficient (Wildman–Crippen LogP) is 12.8. The summed E-state index contributed by atoms with van der Waals surface area (Å²) in [6, 6.07) is -0.345. The zero-order valence-corrected chi connectivity index (χ0v) is 36.7. The van der Waals surface area contributed by atoms with Crippen LogP contribution in [-0.4, -0.2) is 67.4 Å². The van der Waals surface area contributed by atoms with Crippen molar-refractivity contribution in [3.63, 3.8) is 0 Å². The molecule has 0 saturated carbocycles. The van der Waals surface area contributed by atoms with Crippen LogP contribution in [0, 0.1) is 0 Å². The molecule has 0 aromatic rings. The van der Waals surface area contributed by atoms with Crippen molar-refractivity contribution < 1.29 is 14.4 Å². The number of nitrogens with one attached hydrogen (secondary N) is 2. The highest BCUT2D eigenvalue weighted by molar-refractivity contribution is 6.03. The number of urea groups is 1. The fourth-order valence-electron chi connectivity index (χ4n) is 6.69. The van der Waals surface area contributed by atoms with Gasteiger partial charge < -0.3 is 15.5 Å². The smallest absolute Gasteiger partial charge is 0.324 e. The predicted molar refractivity (Wildman–Crippen MR) is 238 cm³/mol. The fraction of sp³-hybridized carbons (Fsp3) is 0.771. The lowest BCUT2D eigenvalue weighted by Crippen LogP contribution is -2.47. The van der Waals surface area contributed by atoms with E-state index in [0.717, 1.165) is 57.9 Å². The molecule has 0 saturated heterocycles. The van der Waals surface area contributed by atoms with Gasteiger partial charge in [-0.3, -0.25) is 14.5 Å². The highest BCUT2D eigenvalue weighted by Crippen LogP contribution is 2.16. The van der Waals surface area contributed by atoms with Crippen LogP contribution in [0.1, 0.15) is 201 Å². The number of imide groups is 1. The molecule has 0 aromatic heterocycles. The quantitative estimate of drug-likeness (QED) is 0.0372. The average molecular weight is 769 g/mol. The van der Waals surface area contributed by atoms with Crippen molar-refractivity contribution in [1.82, 2.24) is 20.4 Å². The second-order valence-electron chi connectivity index (χ2n) is 15.7. The number of unbranched alkanes of at least 4 members (excludes halogenated alkanes) is 18. The SMILES string of the molecule is CCCCC/C=C\C/C=C\CCCCCCCCC(CCCCCCCC/C=C\C/C=C\CCCCC)NC(=O)CC(=O)N(CCCN(C)C)C(=O)NCC. The van der Waals surface area contributed by atoms with Gasteiger partial charge in [0.2, 0.25) is 11.8 Å². The lowest BCUT2D eigenvalue weighted by Gasteiger charge is -2.23. The molecule has 55 heavy (non-hydrogen) atoms. The third kappa shape index (κ3) is 36.7. The molecule has 0 atom stereocenters. The van der Waals surface area contributed by atoms with Gasteiger partial charge in [0.05, 0.1) is 0 Å². The van der Waals surface area contributed by atoms with Crippen LogP contribution in [0.2, 0.25) is 0 Å². The van der Waals surface area contributed by atoms with E-state index in [4.69, 9.17) is 0 Å². The molecular weight excluding hydrogens is 681 g/mol. The first kappa shape index (κ1) is 52.3.